The summed E-state index contributed by atoms with van der Waals surface area (Å²) in [5.74, 6) is 0.449. The van der Waals surface area contributed by atoms with Crippen LogP contribution in [-0.2, 0) is 17.8 Å². The molecule has 28 heavy (non-hydrogen) atoms. The summed E-state index contributed by atoms with van der Waals surface area (Å²) in [7, 11) is 0. The molecule has 1 aliphatic heterocycles. The van der Waals surface area contributed by atoms with Crippen molar-refractivity contribution in [2.45, 2.75) is 39.8 Å². The largest absolute Gasteiger partial charge is 0.361 e. The molecule has 8 nitrogen and oxygen atoms in total. The number of aromatic nitrogens is 3. The second-order valence-corrected chi connectivity index (χ2v) is 7.06. The molecule has 1 unspecified atom stereocenters. The van der Waals surface area contributed by atoms with Gasteiger partial charge < -0.3 is 9.84 Å². The van der Waals surface area contributed by atoms with E-state index in [-0.39, 0.29) is 5.91 Å². The van der Waals surface area contributed by atoms with Gasteiger partial charge in [-0.05, 0) is 26.3 Å². The first-order chi connectivity index (χ1) is 13.4. The molecule has 0 spiro atoms. The van der Waals surface area contributed by atoms with E-state index in [2.05, 4.69) is 15.6 Å². The number of amides is 3. The maximum Gasteiger partial charge on any atom is 0.329 e. The minimum atomic E-state index is -0.582. The smallest absolute Gasteiger partial charge is 0.329 e. The number of hydrogen-bond donors (Lipinski definition) is 1. The van der Waals surface area contributed by atoms with Crippen molar-refractivity contribution in [3.05, 3.63) is 64.8 Å². The molecule has 1 aromatic carbocycles. The van der Waals surface area contributed by atoms with Crippen molar-refractivity contribution in [3.8, 4) is 0 Å². The minimum Gasteiger partial charge on any atom is -0.361 e. The van der Waals surface area contributed by atoms with Crippen molar-refractivity contribution in [2.24, 2.45) is 0 Å². The number of benzene rings is 1. The van der Waals surface area contributed by atoms with Crippen LogP contribution in [-0.4, -0.2) is 32.9 Å². The highest BCUT2D eigenvalue weighted by Gasteiger charge is 2.39. The van der Waals surface area contributed by atoms with Crippen LogP contribution in [0, 0.1) is 20.8 Å². The summed E-state index contributed by atoms with van der Waals surface area (Å²) in [6.07, 6.45) is 3.65. The van der Waals surface area contributed by atoms with Crippen LogP contribution >= 0.6 is 0 Å². The van der Waals surface area contributed by atoms with Crippen molar-refractivity contribution in [1.82, 2.24) is 20.3 Å². The first kappa shape index (κ1) is 18.0. The molecule has 3 aromatic rings. The summed E-state index contributed by atoms with van der Waals surface area (Å²) in [5, 5.41) is 11.0. The number of imide groups is 1. The first-order valence-electron chi connectivity index (χ1n) is 9.06. The highest BCUT2D eigenvalue weighted by molar-refractivity contribution is 6.21. The van der Waals surface area contributed by atoms with Gasteiger partial charge in [0.05, 0.1) is 24.1 Å². The number of urea groups is 1. The highest BCUT2D eigenvalue weighted by atomic mass is 16.5. The fraction of sp³-hybridized carbons (Fsp3) is 0.300. The number of carbonyl (C=O) groups excluding carboxylic acids is 2. The standard InChI is InChI=1S/C20H21N5O3/c1-12-4-6-15(7-5-12)8-18-19(26)25(20(27)22-18)16-9-21-24(10-16)11-17-13(2)23-28-14(17)3/h4-7,9-10,18H,8,11H2,1-3H3,(H,22,27). The summed E-state index contributed by atoms with van der Waals surface area (Å²) in [6, 6.07) is 6.92. The Kier molecular flexibility index (Phi) is 4.46. The molecule has 1 fully saturated rings. The second-order valence-electron chi connectivity index (χ2n) is 7.06. The zero-order chi connectivity index (χ0) is 19.8. The van der Waals surface area contributed by atoms with Crippen molar-refractivity contribution in [1.29, 1.82) is 0 Å². The zero-order valence-corrected chi connectivity index (χ0v) is 16.0. The molecule has 0 aliphatic carbocycles. The predicted molar refractivity (Wildman–Crippen MR) is 102 cm³/mol. The Morgan fingerprint density at radius 3 is 2.57 bits per heavy atom. The zero-order valence-electron chi connectivity index (χ0n) is 16.0. The third kappa shape index (κ3) is 3.28. The van der Waals surface area contributed by atoms with Crippen LogP contribution in [0.1, 0.15) is 28.1 Å². The van der Waals surface area contributed by atoms with Gasteiger partial charge in [0.25, 0.3) is 5.91 Å². The molecule has 1 atom stereocenters. The van der Waals surface area contributed by atoms with Gasteiger partial charge in [-0.15, -0.1) is 0 Å². The SMILES string of the molecule is Cc1ccc(CC2NC(=O)N(c3cnn(Cc4c(C)noc4C)c3)C2=O)cc1. The molecule has 2 aromatic heterocycles. The maximum absolute atomic E-state index is 12.8. The number of anilines is 1. The fourth-order valence-corrected chi connectivity index (χ4v) is 3.32. The lowest BCUT2D eigenvalue weighted by Gasteiger charge is -2.10. The van der Waals surface area contributed by atoms with Crippen molar-refractivity contribution in [2.75, 3.05) is 4.90 Å². The van der Waals surface area contributed by atoms with Crippen LogP contribution in [0.5, 0.6) is 0 Å². The number of rotatable bonds is 5. The summed E-state index contributed by atoms with van der Waals surface area (Å²) in [5.41, 5.74) is 4.32. The normalized spacial score (nSPS) is 16.7. The van der Waals surface area contributed by atoms with Crippen LogP contribution < -0.4 is 10.2 Å². The Balaban J connectivity index is 1.50. The lowest BCUT2D eigenvalue weighted by atomic mass is 10.0. The van der Waals surface area contributed by atoms with Crippen LogP contribution in [0.15, 0.2) is 41.2 Å². The average molecular weight is 379 g/mol. The third-order valence-electron chi connectivity index (χ3n) is 4.96. The Bertz CT molecular complexity index is 1020. The number of nitrogens with one attached hydrogen (secondary N) is 1. The van der Waals surface area contributed by atoms with Crippen molar-refractivity contribution in [3.63, 3.8) is 0 Å². The second kappa shape index (κ2) is 6.95. The van der Waals surface area contributed by atoms with Crippen LogP contribution in [0.3, 0.4) is 0 Å². The third-order valence-corrected chi connectivity index (χ3v) is 4.96. The summed E-state index contributed by atoms with van der Waals surface area (Å²) >= 11 is 0. The Morgan fingerprint density at radius 2 is 1.89 bits per heavy atom. The lowest BCUT2D eigenvalue weighted by molar-refractivity contribution is -0.118. The topological polar surface area (TPSA) is 93.3 Å². The molecule has 0 saturated carbocycles. The first-order valence-corrected chi connectivity index (χ1v) is 9.06. The van der Waals surface area contributed by atoms with Crippen LogP contribution in [0.25, 0.3) is 0 Å². The number of nitrogens with zero attached hydrogens (tertiary/aromatic N) is 4. The molecule has 1 aliphatic rings. The highest BCUT2D eigenvalue weighted by Crippen LogP contribution is 2.22. The van der Waals surface area contributed by atoms with Crippen molar-refractivity contribution >= 4 is 17.6 Å². The molecule has 0 bridgehead atoms. The van der Waals surface area contributed by atoms with Gasteiger partial charge in [-0.1, -0.05) is 35.0 Å². The minimum absolute atomic E-state index is 0.275. The molecule has 3 heterocycles. The van der Waals surface area contributed by atoms with E-state index in [4.69, 9.17) is 4.52 Å². The van der Waals surface area contributed by atoms with Gasteiger partial charge in [0.1, 0.15) is 11.8 Å². The Hall–Kier alpha value is -3.42. The Labute approximate surface area is 162 Å². The lowest BCUT2D eigenvalue weighted by Crippen LogP contribution is -2.32. The van der Waals surface area contributed by atoms with Crippen LogP contribution in [0.4, 0.5) is 10.5 Å². The summed E-state index contributed by atoms with van der Waals surface area (Å²) in [4.78, 5) is 26.4. The summed E-state index contributed by atoms with van der Waals surface area (Å²) in [6.45, 7) is 6.17. The van der Waals surface area contributed by atoms with E-state index in [0.717, 1.165) is 33.0 Å². The van der Waals surface area contributed by atoms with E-state index >= 15 is 0 Å². The predicted octanol–water partition coefficient (Wildman–Crippen LogP) is 2.51. The molecule has 1 N–H and O–H groups in total. The molecule has 4 rings (SSSR count). The van der Waals surface area contributed by atoms with Gasteiger partial charge in [0.15, 0.2) is 0 Å². The quantitative estimate of drug-likeness (QED) is 0.688. The Morgan fingerprint density at radius 1 is 1.14 bits per heavy atom. The van der Waals surface area contributed by atoms with E-state index in [1.165, 1.54) is 6.20 Å². The molecular weight excluding hydrogens is 358 g/mol. The fourth-order valence-electron chi connectivity index (χ4n) is 3.32. The molecular formula is C20H21N5O3. The molecule has 8 heteroatoms. The van der Waals surface area contributed by atoms with E-state index in [9.17, 15) is 9.59 Å². The average Bonchev–Trinajstić information content (AvgIpc) is 3.32. The monoisotopic (exact) mass is 379 g/mol. The van der Waals surface area contributed by atoms with Crippen LogP contribution in [0.2, 0.25) is 0 Å². The number of carbonyl (C=O) groups is 2. The molecule has 1 saturated heterocycles. The van der Waals surface area contributed by atoms with E-state index in [1.807, 2.05) is 45.0 Å². The number of aryl methyl sites for hydroxylation is 3. The van der Waals surface area contributed by atoms with Gasteiger partial charge in [-0.2, -0.15) is 5.10 Å². The molecule has 144 valence electrons. The van der Waals surface area contributed by atoms with Crippen molar-refractivity contribution < 1.29 is 14.1 Å². The van der Waals surface area contributed by atoms with Gasteiger partial charge in [-0.3, -0.25) is 9.48 Å². The van der Waals surface area contributed by atoms with Gasteiger partial charge in [0.2, 0.25) is 0 Å². The summed E-state index contributed by atoms with van der Waals surface area (Å²) < 4.78 is 6.83. The van der Waals surface area contributed by atoms with E-state index < -0.39 is 12.1 Å². The van der Waals surface area contributed by atoms with Gasteiger partial charge >= 0.3 is 6.03 Å². The van der Waals surface area contributed by atoms with E-state index in [0.29, 0.717) is 18.7 Å². The van der Waals surface area contributed by atoms with Gasteiger partial charge in [0, 0.05) is 18.2 Å². The van der Waals surface area contributed by atoms with E-state index in [1.54, 1.807) is 10.9 Å². The molecule has 0 radical (unpaired) electrons. The van der Waals surface area contributed by atoms with Gasteiger partial charge in [-0.25, -0.2) is 9.69 Å². The maximum atomic E-state index is 12.8. The molecule has 3 amide bonds. The number of hydrogen-bond acceptors (Lipinski definition) is 5.